The Morgan fingerprint density at radius 3 is 2.22 bits per heavy atom. The number of nitrogens with one attached hydrogen (secondary N) is 2. The van der Waals surface area contributed by atoms with Gasteiger partial charge in [-0.25, -0.2) is 4.79 Å². The van der Waals surface area contributed by atoms with Gasteiger partial charge in [0, 0.05) is 30.6 Å². The van der Waals surface area contributed by atoms with Crippen LogP contribution in [0, 0.1) is 5.41 Å². The third-order valence-electron chi connectivity index (χ3n) is 6.00. The first kappa shape index (κ1) is 27.7. The number of nitrogen functional groups attached to an aromatic ring is 1. The number of phenolic OH excluding ortho intramolecular Hbond substituents is 1. The molecule has 0 aromatic heterocycles. The number of hydrogen-bond acceptors (Lipinski definition) is 7. The van der Waals surface area contributed by atoms with Gasteiger partial charge in [0.1, 0.15) is 24.2 Å². The summed E-state index contributed by atoms with van der Waals surface area (Å²) in [7, 11) is 0. The van der Waals surface area contributed by atoms with E-state index in [2.05, 4.69) is 5.32 Å². The number of benzene rings is 2. The molecule has 10 heteroatoms. The lowest BCUT2D eigenvalue weighted by Crippen LogP contribution is -2.52. The maximum absolute atomic E-state index is 13.5. The first-order valence-corrected chi connectivity index (χ1v) is 12.3. The Morgan fingerprint density at radius 2 is 1.65 bits per heavy atom. The van der Waals surface area contributed by atoms with Crippen molar-refractivity contribution in [3.63, 3.8) is 0 Å². The van der Waals surface area contributed by atoms with Crippen molar-refractivity contribution in [1.29, 1.82) is 5.41 Å². The molecule has 3 rings (SSSR count). The van der Waals surface area contributed by atoms with E-state index >= 15 is 0 Å². The molecule has 1 aliphatic heterocycles. The normalized spacial score (nSPS) is 14.7. The summed E-state index contributed by atoms with van der Waals surface area (Å²) in [6.45, 7) is 4.28. The summed E-state index contributed by atoms with van der Waals surface area (Å²) in [5, 5.41) is 19.9. The Bertz CT molecular complexity index is 1090. The maximum atomic E-state index is 13.5. The zero-order valence-corrected chi connectivity index (χ0v) is 21.1. The van der Waals surface area contributed by atoms with E-state index in [-0.39, 0.29) is 42.7 Å². The lowest BCUT2D eigenvalue weighted by atomic mass is 10.0. The van der Waals surface area contributed by atoms with E-state index in [1.165, 1.54) is 12.1 Å². The van der Waals surface area contributed by atoms with Gasteiger partial charge in [0.2, 0.25) is 5.91 Å². The van der Waals surface area contributed by atoms with Crippen molar-refractivity contribution < 1.29 is 29.0 Å². The molecule has 2 amide bonds. The average Bonchev–Trinajstić information content (AvgIpc) is 2.88. The predicted molar refractivity (Wildman–Crippen MR) is 137 cm³/mol. The number of nitrogens with zero attached hydrogens (tertiary/aromatic N) is 1. The quantitative estimate of drug-likeness (QED) is 0.216. The highest BCUT2D eigenvalue weighted by Crippen LogP contribution is 2.18. The van der Waals surface area contributed by atoms with Crippen molar-refractivity contribution in [2.24, 2.45) is 5.73 Å². The van der Waals surface area contributed by atoms with Gasteiger partial charge >= 0.3 is 5.97 Å². The Labute approximate surface area is 216 Å². The van der Waals surface area contributed by atoms with Crippen LogP contribution in [0.5, 0.6) is 5.75 Å². The first-order valence-electron chi connectivity index (χ1n) is 12.3. The third kappa shape index (κ3) is 8.32. The zero-order chi connectivity index (χ0) is 26.9. The fourth-order valence-electron chi connectivity index (χ4n) is 4.06. The molecule has 0 unspecified atom stereocenters. The lowest BCUT2D eigenvalue weighted by Gasteiger charge is -2.34. The van der Waals surface area contributed by atoms with Crippen LogP contribution in [-0.2, 0) is 25.5 Å². The van der Waals surface area contributed by atoms with Crippen LogP contribution in [0.3, 0.4) is 0 Å². The second kappa shape index (κ2) is 12.9. The van der Waals surface area contributed by atoms with Crippen molar-refractivity contribution in [2.75, 3.05) is 19.7 Å². The summed E-state index contributed by atoms with van der Waals surface area (Å²) in [6, 6.07) is 11.9. The molecule has 5 N–H and O–H groups in total. The Kier molecular flexibility index (Phi) is 9.62. The molecule has 10 nitrogen and oxygen atoms in total. The number of nitrogens with two attached hydrogens (primary N) is 1. The van der Waals surface area contributed by atoms with Gasteiger partial charge < -0.3 is 30.5 Å². The van der Waals surface area contributed by atoms with E-state index < -0.39 is 17.9 Å². The SMILES string of the molecule is CC(C)OC(=O)COC1CCN(C(=O)[C@H](Cc2ccc(O)cc2)NC(=O)c2ccc(C(=N)N)cc2)CC1. The summed E-state index contributed by atoms with van der Waals surface area (Å²) >= 11 is 0. The molecule has 1 saturated heterocycles. The summed E-state index contributed by atoms with van der Waals surface area (Å²) < 4.78 is 10.7. The number of piperidine rings is 1. The van der Waals surface area contributed by atoms with Gasteiger partial charge in [-0.2, -0.15) is 0 Å². The van der Waals surface area contributed by atoms with Crippen molar-refractivity contribution in [3.8, 4) is 5.75 Å². The average molecular weight is 511 g/mol. The van der Waals surface area contributed by atoms with E-state index in [9.17, 15) is 19.5 Å². The molecule has 198 valence electrons. The highest BCUT2D eigenvalue weighted by molar-refractivity contribution is 5.99. The minimum Gasteiger partial charge on any atom is -0.508 e. The van der Waals surface area contributed by atoms with Crippen LogP contribution in [0.15, 0.2) is 48.5 Å². The summed E-state index contributed by atoms with van der Waals surface area (Å²) in [4.78, 5) is 39.9. The van der Waals surface area contributed by atoms with Crippen molar-refractivity contribution in [3.05, 3.63) is 65.2 Å². The number of rotatable bonds is 10. The fraction of sp³-hybridized carbons (Fsp3) is 0.407. The van der Waals surface area contributed by atoms with E-state index in [4.69, 9.17) is 20.6 Å². The molecule has 0 radical (unpaired) electrons. The van der Waals surface area contributed by atoms with Crippen LogP contribution in [0.1, 0.15) is 48.2 Å². The first-order chi connectivity index (χ1) is 17.6. The van der Waals surface area contributed by atoms with E-state index in [1.54, 1.807) is 55.1 Å². The van der Waals surface area contributed by atoms with E-state index in [0.717, 1.165) is 5.56 Å². The summed E-state index contributed by atoms with van der Waals surface area (Å²) in [5.74, 6) is -1.05. The topological polar surface area (TPSA) is 155 Å². The molecule has 0 aliphatic carbocycles. The van der Waals surface area contributed by atoms with Gasteiger partial charge in [-0.15, -0.1) is 0 Å². The van der Waals surface area contributed by atoms with Gasteiger partial charge in [-0.3, -0.25) is 15.0 Å². The zero-order valence-electron chi connectivity index (χ0n) is 21.1. The fourth-order valence-corrected chi connectivity index (χ4v) is 4.06. The van der Waals surface area contributed by atoms with Crippen LogP contribution in [0.25, 0.3) is 0 Å². The number of esters is 1. The Balaban J connectivity index is 1.64. The van der Waals surface area contributed by atoms with Gasteiger partial charge in [0.05, 0.1) is 12.2 Å². The molecule has 1 fully saturated rings. The standard InChI is InChI=1S/C27H34N4O6/c1-17(2)37-24(33)16-36-22-11-13-31(14-12-22)27(35)23(15-18-3-9-21(32)10-4-18)30-26(34)20-7-5-19(6-8-20)25(28)29/h3-10,17,22-23,32H,11-16H2,1-2H3,(H3,28,29)(H,30,34)/t23-/m0/s1. The minimum atomic E-state index is -0.831. The van der Waals surface area contributed by atoms with Crippen molar-refractivity contribution >= 4 is 23.6 Å². The van der Waals surface area contributed by atoms with Gasteiger partial charge in [0.25, 0.3) is 5.91 Å². The monoisotopic (exact) mass is 510 g/mol. The predicted octanol–water partition coefficient (Wildman–Crippen LogP) is 1.98. The molecule has 0 bridgehead atoms. The minimum absolute atomic E-state index is 0.100. The molecular formula is C27H34N4O6. The number of amides is 2. The van der Waals surface area contributed by atoms with E-state index in [1.807, 2.05) is 0 Å². The number of hydrogen-bond donors (Lipinski definition) is 4. The number of likely N-dealkylation sites (tertiary alicyclic amines) is 1. The van der Waals surface area contributed by atoms with Crippen LogP contribution in [-0.4, -0.2) is 71.6 Å². The third-order valence-corrected chi connectivity index (χ3v) is 6.00. The van der Waals surface area contributed by atoms with Crippen LogP contribution >= 0.6 is 0 Å². The molecule has 1 atom stereocenters. The van der Waals surface area contributed by atoms with Gasteiger partial charge in [-0.1, -0.05) is 24.3 Å². The molecule has 2 aromatic carbocycles. The lowest BCUT2D eigenvalue weighted by molar-refractivity contribution is -0.156. The number of phenols is 1. The molecular weight excluding hydrogens is 476 g/mol. The highest BCUT2D eigenvalue weighted by atomic mass is 16.6. The van der Waals surface area contributed by atoms with Crippen molar-refractivity contribution in [2.45, 2.75) is 51.4 Å². The van der Waals surface area contributed by atoms with Gasteiger partial charge in [0.15, 0.2) is 0 Å². The molecule has 2 aromatic rings. The molecule has 1 heterocycles. The highest BCUT2D eigenvalue weighted by Gasteiger charge is 2.30. The molecule has 37 heavy (non-hydrogen) atoms. The maximum Gasteiger partial charge on any atom is 0.332 e. The summed E-state index contributed by atoms with van der Waals surface area (Å²) in [5.41, 5.74) is 7.11. The Hall–Kier alpha value is -3.92. The van der Waals surface area contributed by atoms with Gasteiger partial charge in [-0.05, 0) is 56.5 Å². The summed E-state index contributed by atoms with van der Waals surface area (Å²) in [6.07, 6.45) is 1.01. The number of carbonyl (C=O) groups is 3. The number of aromatic hydroxyl groups is 1. The second-order valence-electron chi connectivity index (χ2n) is 9.26. The largest absolute Gasteiger partial charge is 0.508 e. The molecule has 0 spiro atoms. The Morgan fingerprint density at radius 1 is 1.05 bits per heavy atom. The molecule has 0 saturated carbocycles. The second-order valence-corrected chi connectivity index (χ2v) is 9.26. The van der Waals surface area contributed by atoms with Crippen LogP contribution in [0.4, 0.5) is 0 Å². The number of amidine groups is 1. The van der Waals surface area contributed by atoms with Crippen LogP contribution in [0.2, 0.25) is 0 Å². The number of ether oxygens (including phenoxy) is 2. The van der Waals surface area contributed by atoms with E-state index in [0.29, 0.717) is 37.1 Å². The smallest absolute Gasteiger partial charge is 0.332 e. The van der Waals surface area contributed by atoms with Crippen LogP contribution < -0.4 is 11.1 Å². The van der Waals surface area contributed by atoms with Crippen molar-refractivity contribution in [1.82, 2.24) is 10.2 Å². The number of carbonyl (C=O) groups excluding carboxylic acids is 3. The molecule has 1 aliphatic rings.